The Morgan fingerprint density at radius 3 is 2.75 bits per heavy atom. The topological polar surface area (TPSA) is 12.0 Å². The van der Waals surface area contributed by atoms with Crippen molar-refractivity contribution in [2.75, 3.05) is 6.54 Å². The molecule has 1 aromatic carbocycles. The van der Waals surface area contributed by atoms with E-state index in [0.29, 0.717) is 6.04 Å². The first kappa shape index (κ1) is 11.9. The number of nitrogens with one attached hydrogen (secondary N) is 1. The van der Waals surface area contributed by atoms with E-state index >= 15 is 0 Å². The Labute approximate surface area is 103 Å². The average molecular weight is 238 g/mol. The third kappa shape index (κ3) is 3.23. The number of benzene rings is 1. The van der Waals surface area contributed by atoms with Gasteiger partial charge in [-0.1, -0.05) is 37.1 Å². The summed E-state index contributed by atoms with van der Waals surface area (Å²) < 4.78 is 0. The maximum Gasteiger partial charge on any atom is 0.0406 e. The van der Waals surface area contributed by atoms with Crippen LogP contribution in [0.5, 0.6) is 0 Å². The van der Waals surface area contributed by atoms with Gasteiger partial charge in [0.2, 0.25) is 0 Å². The lowest BCUT2D eigenvalue weighted by molar-refractivity contribution is 0.294. The van der Waals surface area contributed by atoms with E-state index < -0.39 is 0 Å². The number of hydrogen-bond donors (Lipinski definition) is 1. The Kier molecular flexibility index (Phi) is 4.25. The van der Waals surface area contributed by atoms with Gasteiger partial charge in [-0.25, -0.2) is 0 Å². The quantitative estimate of drug-likeness (QED) is 0.846. The van der Waals surface area contributed by atoms with Crippen molar-refractivity contribution in [3.8, 4) is 0 Å². The highest BCUT2D eigenvalue weighted by Gasteiger charge is 2.19. The van der Waals surface area contributed by atoms with Gasteiger partial charge in [0, 0.05) is 11.1 Å². The van der Waals surface area contributed by atoms with Crippen LogP contribution in [0.4, 0.5) is 0 Å². The molecule has 1 fully saturated rings. The Balaban J connectivity index is 1.91. The van der Waals surface area contributed by atoms with Gasteiger partial charge in [-0.2, -0.15) is 0 Å². The first-order valence-electron chi connectivity index (χ1n) is 6.25. The molecule has 16 heavy (non-hydrogen) atoms. The minimum Gasteiger partial charge on any atom is -0.314 e. The zero-order chi connectivity index (χ0) is 11.4. The summed E-state index contributed by atoms with van der Waals surface area (Å²) in [6.45, 7) is 3.48. The molecule has 1 heterocycles. The molecular formula is C14H20ClN. The van der Waals surface area contributed by atoms with Crippen molar-refractivity contribution in [3.05, 3.63) is 34.9 Å². The fourth-order valence-electron chi connectivity index (χ4n) is 2.53. The molecule has 2 heteroatoms. The van der Waals surface area contributed by atoms with Crippen molar-refractivity contribution < 1.29 is 0 Å². The van der Waals surface area contributed by atoms with Gasteiger partial charge in [-0.05, 0) is 49.4 Å². The highest BCUT2D eigenvalue weighted by molar-refractivity contribution is 6.30. The third-order valence-corrected chi connectivity index (χ3v) is 3.83. The van der Waals surface area contributed by atoms with Crippen molar-refractivity contribution >= 4 is 11.6 Å². The fourth-order valence-corrected chi connectivity index (χ4v) is 2.65. The lowest BCUT2D eigenvalue weighted by Gasteiger charge is -2.29. The van der Waals surface area contributed by atoms with Crippen LogP contribution >= 0.6 is 11.6 Å². The van der Waals surface area contributed by atoms with Gasteiger partial charge in [0.15, 0.2) is 0 Å². The number of hydrogen-bond acceptors (Lipinski definition) is 1. The average Bonchev–Trinajstić information content (AvgIpc) is 2.32. The van der Waals surface area contributed by atoms with Crippen LogP contribution in [0.2, 0.25) is 5.02 Å². The minimum atomic E-state index is 0.653. The molecule has 1 aromatic rings. The summed E-state index contributed by atoms with van der Waals surface area (Å²) in [4.78, 5) is 0. The van der Waals surface area contributed by atoms with E-state index in [1.54, 1.807) is 0 Å². The molecule has 1 aliphatic heterocycles. The van der Waals surface area contributed by atoms with E-state index in [2.05, 4.69) is 24.4 Å². The Bertz CT molecular complexity index is 320. The van der Waals surface area contributed by atoms with Crippen LogP contribution < -0.4 is 5.32 Å². The summed E-state index contributed by atoms with van der Waals surface area (Å²) in [5, 5.41) is 4.44. The van der Waals surface area contributed by atoms with Gasteiger partial charge >= 0.3 is 0 Å². The van der Waals surface area contributed by atoms with Crippen molar-refractivity contribution in [1.29, 1.82) is 0 Å². The molecule has 0 saturated carbocycles. The van der Waals surface area contributed by atoms with Crippen molar-refractivity contribution in [2.24, 2.45) is 5.92 Å². The SMILES string of the molecule is CCC1CCNC(Cc2ccc(Cl)cc2)C1. The summed E-state index contributed by atoms with van der Waals surface area (Å²) >= 11 is 5.88. The molecule has 1 nitrogen and oxygen atoms in total. The second-order valence-electron chi connectivity index (χ2n) is 4.78. The molecule has 0 aromatic heterocycles. The van der Waals surface area contributed by atoms with Crippen molar-refractivity contribution in [1.82, 2.24) is 5.32 Å². The van der Waals surface area contributed by atoms with Crippen LogP contribution in [-0.2, 0) is 6.42 Å². The molecule has 1 saturated heterocycles. The highest BCUT2D eigenvalue weighted by atomic mass is 35.5. The van der Waals surface area contributed by atoms with Gasteiger partial charge < -0.3 is 5.32 Å². The third-order valence-electron chi connectivity index (χ3n) is 3.58. The van der Waals surface area contributed by atoms with Gasteiger partial charge in [-0.15, -0.1) is 0 Å². The molecule has 88 valence electrons. The summed E-state index contributed by atoms with van der Waals surface area (Å²) in [5.41, 5.74) is 1.39. The minimum absolute atomic E-state index is 0.653. The normalized spacial score (nSPS) is 25.6. The number of piperidine rings is 1. The molecule has 0 spiro atoms. The maximum absolute atomic E-state index is 5.88. The molecule has 0 amide bonds. The molecule has 1 N–H and O–H groups in total. The van der Waals surface area contributed by atoms with E-state index in [0.717, 1.165) is 17.4 Å². The van der Waals surface area contributed by atoms with Crippen LogP contribution in [0, 0.1) is 5.92 Å². The summed E-state index contributed by atoms with van der Waals surface area (Å²) in [6, 6.07) is 8.90. The van der Waals surface area contributed by atoms with Crippen LogP contribution in [0.15, 0.2) is 24.3 Å². The molecule has 0 bridgehead atoms. The molecule has 0 radical (unpaired) electrons. The van der Waals surface area contributed by atoms with E-state index in [1.807, 2.05) is 12.1 Å². The van der Waals surface area contributed by atoms with E-state index in [9.17, 15) is 0 Å². The van der Waals surface area contributed by atoms with Gasteiger partial charge in [-0.3, -0.25) is 0 Å². The summed E-state index contributed by atoms with van der Waals surface area (Å²) in [6.07, 6.45) is 5.11. The van der Waals surface area contributed by atoms with Crippen molar-refractivity contribution in [3.63, 3.8) is 0 Å². The lowest BCUT2D eigenvalue weighted by Crippen LogP contribution is -2.39. The van der Waals surface area contributed by atoms with Crippen LogP contribution in [0.25, 0.3) is 0 Å². The second-order valence-corrected chi connectivity index (χ2v) is 5.22. The first-order valence-corrected chi connectivity index (χ1v) is 6.63. The number of rotatable bonds is 3. The monoisotopic (exact) mass is 237 g/mol. The highest BCUT2D eigenvalue weighted by Crippen LogP contribution is 2.22. The molecule has 2 atom stereocenters. The van der Waals surface area contributed by atoms with Crippen LogP contribution in [0.1, 0.15) is 31.7 Å². The second kappa shape index (κ2) is 5.70. The van der Waals surface area contributed by atoms with Crippen LogP contribution in [-0.4, -0.2) is 12.6 Å². The van der Waals surface area contributed by atoms with E-state index in [1.165, 1.54) is 31.4 Å². The van der Waals surface area contributed by atoms with Crippen LogP contribution in [0.3, 0.4) is 0 Å². The van der Waals surface area contributed by atoms with Gasteiger partial charge in [0.05, 0.1) is 0 Å². The van der Waals surface area contributed by atoms with Gasteiger partial charge in [0.1, 0.15) is 0 Å². The molecule has 2 unspecified atom stereocenters. The zero-order valence-electron chi connectivity index (χ0n) is 9.88. The van der Waals surface area contributed by atoms with Gasteiger partial charge in [0.25, 0.3) is 0 Å². The van der Waals surface area contributed by atoms with E-state index in [4.69, 9.17) is 11.6 Å². The largest absolute Gasteiger partial charge is 0.314 e. The molecule has 2 rings (SSSR count). The molecular weight excluding hydrogens is 218 g/mol. The van der Waals surface area contributed by atoms with E-state index in [-0.39, 0.29) is 0 Å². The predicted molar refractivity (Wildman–Crippen MR) is 70.0 cm³/mol. The summed E-state index contributed by atoms with van der Waals surface area (Å²) in [7, 11) is 0. The Hall–Kier alpha value is -0.530. The summed E-state index contributed by atoms with van der Waals surface area (Å²) in [5.74, 6) is 0.915. The Morgan fingerprint density at radius 1 is 1.31 bits per heavy atom. The fraction of sp³-hybridized carbons (Fsp3) is 0.571. The predicted octanol–water partition coefficient (Wildman–Crippen LogP) is 3.66. The number of halogens is 1. The molecule has 1 aliphatic rings. The first-order chi connectivity index (χ1) is 7.78. The maximum atomic E-state index is 5.88. The lowest BCUT2D eigenvalue weighted by atomic mass is 9.88. The molecule has 0 aliphatic carbocycles. The zero-order valence-corrected chi connectivity index (χ0v) is 10.6. The Morgan fingerprint density at radius 2 is 2.06 bits per heavy atom. The van der Waals surface area contributed by atoms with Crippen molar-refractivity contribution in [2.45, 2.75) is 38.6 Å². The smallest absolute Gasteiger partial charge is 0.0406 e. The standard InChI is InChI=1S/C14H20ClN/c1-2-11-7-8-16-14(9-11)10-12-3-5-13(15)6-4-12/h3-6,11,14,16H,2,7-10H2,1H3.